The summed E-state index contributed by atoms with van der Waals surface area (Å²) in [5, 5.41) is 20.0. The lowest BCUT2D eigenvalue weighted by atomic mass is 10.1. The van der Waals surface area contributed by atoms with E-state index >= 15 is 0 Å². The average Bonchev–Trinajstić information content (AvgIpc) is 2.86. The van der Waals surface area contributed by atoms with E-state index in [-0.39, 0.29) is 17.2 Å². The predicted molar refractivity (Wildman–Crippen MR) is 72.4 cm³/mol. The van der Waals surface area contributed by atoms with Crippen molar-refractivity contribution in [1.82, 2.24) is 10.2 Å². The molecule has 0 unspecified atom stereocenters. The van der Waals surface area contributed by atoms with Crippen LogP contribution in [0.3, 0.4) is 0 Å². The molecule has 0 saturated heterocycles. The highest BCUT2D eigenvalue weighted by atomic mass is 16.2. The van der Waals surface area contributed by atoms with Crippen LogP contribution >= 0.6 is 0 Å². The van der Waals surface area contributed by atoms with E-state index in [2.05, 4.69) is 20.8 Å². The molecule has 7 heteroatoms. The van der Waals surface area contributed by atoms with Gasteiger partial charge in [-0.2, -0.15) is 10.4 Å². The molecule has 0 atom stereocenters. The van der Waals surface area contributed by atoms with Crippen molar-refractivity contribution in [3.8, 4) is 6.07 Å². The fourth-order valence-corrected chi connectivity index (χ4v) is 1.56. The Morgan fingerprint density at radius 1 is 1.35 bits per heavy atom. The van der Waals surface area contributed by atoms with E-state index in [0.29, 0.717) is 11.3 Å². The summed E-state index contributed by atoms with van der Waals surface area (Å²) in [6.45, 7) is 1.45. The van der Waals surface area contributed by atoms with E-state index in [1.165, 1.54) is 13.1 Å². The van der Waals surface area contributed by atoms with Crippen molar-refractivity contribution in [2.24, 2.45) is 0 Å². The molecule has 0 aliphatic rings. The third-order valence-electron chi connectivity index (χ3n) is 2.53. The van der Waals surface area contributed by atoms with Gasteiger partial charge in [-0.25, -0.2) is 4.79 Å². The highest BCUT2D eigenvalue weighted by Crippen LogP contribution is 2.13. The summed E-state index contributed by atoms with van der Waals surface area (Å²) in [5.74, 6) is 0.127. The smallest absolute Gasteiger partial charge is 0.308 e. The number of nitrogens with zero attached hydrogens (tertiary/aromatic N) is 2. The van der Waals surface area contributed by atoms with Gasteiger partial charge in [0.15, 0.2) is 5.78 Å². The topological polar surface area (TPSA) is 111 Å². The molecule has 0 bridgehead atoms. The van der Waals surface area contributed by atoms with Crippen molar-refractivity contribution in [1.29, 1.82) is 5.26 Å². The number of anilines is 2. The van der Waals surface area contributed by atoms with E-state index in [4.69, 9.17) is 5.26 Å². The maximum absolute atomic E-state index is 11.8. The highest BCUT2D eigenvalue weighted by Gasteiger charge is 2.09. The number of Topliss-reactive ketones (excluding diaryl/α,β-unsaturated/α-hetero) is 1. The van der Waals surface area contributed by atoms with Crippen LogP contribution in [0.2, 0.25) is 0 Å². The van der Waals surface area contributed by atoms with E-state index in [1.807, 2.05) is 6.07 Å². The van der Waals surface area contributed by atoms with Crippen LogP contribution in [0.1, 0.15) is 22.8 Å². The fourth-order valence-electron chi connectivity index (χ4n) is 1.56. The van der Waals surface area contributed by atoms with Crippen LogP contribution in [0.15, 0.2) is 30.5 Å². The number of rotatable bonds is 3. The molecule has 7 nitrogen and oxygen atoms in total. The second kappa shape index (κ2) is 5.67. The van der Waals surface area contributed by atoms with Crippen LogP contribution in [0, 0.1) is 11.3 Å². The molecule has 0 spiro atoms. The minimum atomic E-state index is -0.536. The van der Waals surface area contributed by atoms with Gasteiger partial charge in [-0.3, -0.25) is 15.2 Å². The monoisotopic (exact) mass is 269 g/mol. The number of nitrogens with one attached hydrogen (secondary N) is 3. The maximum atomic E-state index is 11.8. The number of nitriles is 1. The molecule has 2 rings (SSSR count). The summed E-state index contributed by atoms with van der Waals surface area (Å²) in [6, 6.07) is 7.91. The quantitative estimate of drug-likeness (QED) is 0.741. The van der Waals surface area contributed by atoms with Gasteiger partial charge in [0.1, 0.15) is 17.5 Å². The number of aromatic nitrogens is 2. The van der Waals surface area contributed by atoms with Gasteiger partial charge in [0, 0.05) is 11.3 Å². The lowest BCUT2D eigenvalue weighted by molar-refractivity contribution is 0.101. The minimum Gasteiger partial charge on any atom is -0.308 e. The number of hydrogen-bond acceptors (Lipinski definition) is 4. The summed E-state index contributed by atoms with van der Waals surface area (Å²) >= 11 is 0. The summed E-state index contributed by atoms with van der Waals surface area (Å²) in [4.78, 5) is 23.0. The normalized spacial score (nSPS) is 9.60. The lowest BCUT2D eigenvalue weighted by Crippen LogP contribution is -2.20. The maximum Gasteiger partial charge on any atom is 0.324 e. The molecule has 0 fully saturated rings. The van der Waals surface area contributed by atoms with Gasteiger partial charge >= 0.3 is 6.03 Å². The third kappa shape index (κ3) is 3.00. The lowest BCUT2D eigenvalue weighted by Gasteiger charge is -2.07. The van der Waals surface area contributed by atoms with Crippen LogP contribution in [0.5, 0.6) is 0 Å². The summed E-state index contributed by atoms with van der Waals surface area (Å²) in [6.07, 6.45) is 1.31. The van der Waals surface area contributed by atoms with E-state index in [0.717, 1.165) is 0 Å². The Bertz CT molecular complexity index is 699. The molecule has 0 aliphatic carbocycles. The standard InChI is InChI=1S/C13H11N5O2/c1-8(19)9-3-2-4-11(5-9)16-13(20)17-12-10(6-14)7-15-18-12/h2-5,7H,1H3,(H3,15,16,17,18,20). The number of aromatic amines is 1. The Labute approximate surface area is 114 Å². The number of carbonyl (C=O) groups is 2. The first-order valence-corrected chi connectivity index (χ1v) is 5.72. The second-order valence-electron chi connectivity index (χ2n) is 3.99. The Morgan fingerprint density at radius 2 is 2.15 bits per heavy atom. The zero-order valence-electron chi connectivity index (χ0n) is 10.6. The van der Waals surface area contributed by atoms with Crippen molar-refractivity contribution in [2.75, 3.05) is 10.6 Å². The molecule has 2 aromatic rings. The fraction of sp³-hybridized carbons (Fsp3) is 0.0769. The Balaban J connectivity index is 2.07. The summed E-state index contributed by atoms with van der Waals surface area (Å²) < 4.78 is 0. The summed E-state index contributed by atoms with van der Waals surface area (Å²) in [5.41, 5.74) is 1.22. The Morgan fingerprint density at radius 3 is 2.85 bits per heavy atom. The molecule has 3 N–H and O–H groups in total. The molecule has 1 heterocycles. The Kier molecular flexibility index (Phi) is 3.77. The predicted octanol–water partition coefficient (Wildman–Crippen LogP) is 2.13. The van der Waals surface area contributed by atoms with Crippen LogP contribution in [-0.4, -0.2) is 22.0 Å². The molecule has 1 aromatic carbocycles. The van der Waals surface area contributed by atoms with E-state index in [1.54, 1.807) is 24.3 Å². The van der Waals surface area contributed by atoms with Gasteiger partial charge in [0.2, 0.25) is 0 Å². The number of hydrogen-bond donors (Lipinski definition) is 3. The summed E-state index contributed by atoms with van der Waals surface area (Å²) in [7, 11) is 0. The molecule has 0 radical (unpaired) electrons. The molecule has 0 aliphatic heterocycles. The number of benzene rings is 1. The Hall–Kier alpha value is -3.14. The minimum absolute atomic E-state index is 0.0885. The largest absolute Gasteiger partial charge is 0.324 e. The number of amides is 2. The molecule has 100 valence electrons. The van der Waals surface area contributed by atoms with E-state index in [9.17, 15) is 9.59 Å². The van der Waals surface area contributed by atoms with Gasteiger partial charge in [0.25, 0.3) is 0 Å². The first-order chi connectivity index (χ1) is 9.60. The second-order valence-corrected chi connectivity index (χ2v) is 3.99. The van der Waals surface area contributed by atoms with Gasteiger partial charge in [0.05, 0.1) is 6.20 Å². The number of H-pyrrole nitrogens is 1. The van der Waals surface area contributed by atoms with E-state index < -0.39 is 6.03 Å². The van der Waals surface area contributed by atoms with Crippen LogP contribution in [0.25, 0.3) is 0 Å². The molecule has 20 heavy (non-hydrogen) atoms. The van der Waals surface area contributed by atoms with Gasteiger partial charge < -0.3 is 5.32 Å². The zero-order chi connectivity index (χ0) is 14.5. The number of carbonyl (C=O) groups excluding carboxylic acids is 2. The van der Waals surface area contributed by atoms with Gasteiger partial charge in [-0.15, -0.1) is 0 Å². The van der Waals surface area contributed by atoms with Crippen molar-refractivity contribution < 1.29 is 9.59 Å². The van der Waals surface area contributed by atoms with Gasteiger partial charge in [-0.1, -0.05) is 12.1 Å². The van der Waals surface area contributed by atoms with Crippen molar-refractivity contribution >= 4 is 23.3 Å². The van der Waals surface area contributed by atoms with Crippen molar-refractivity contribution in [3.63, 3.8) is 0 Å². The van der Waals surface area contributed by atoms with Crippen LogP contribution in [0.4, 0.5) is 16.3 Å². The van der Waals surface area contributed by atoms with Crippen LogP contribution in [-0.2, 0) is 0 Å². The molecular formula is C13H11N5O2. The molecular weight excluding hydrogens is 258 g/mol. The van der Waals surface area contributed by atoms with Crippen molar-refractivity contribution in [2.45, 2.75) is 6.92 Å². The van der Waals surface area contributed by atoms with Gasteiger partial charge in [-0.05, 0) is 19.1 Å². The van der Waals surface area contributed by atoms with Crippen molar-refractivity contribution in [3.05, 3.63) is 41.6 Å². The molecule has 0 saturated carbocycles. The first kappa shape index (κ1) is 13.3. The number of urea groups is 1. The molecule has 1 aromatic heterocycles. The third-order valence-corrected chi connectivity index (χ3v) is 2.53. The SMILES string of the molecule is CC(=O)c1cccc(NC(=O)Nc2[nH]ncc2C#N)c1. The first-order valence-electron chi connectivity index (χ1n) is 5.72. The molecule has 2 amide bonds. The average molecular weight is 269 g/mol. The highest BCUT2D eigenvalue weighted by molar-refractivity contribution is 6.01. The van der Waals surface area contributed by atoms with Crippen LogP contribution < -0.4 is 10.6 Å². The zero-order valence-corrected chi connectivity index (χ0v) is 10.6. The number of ketones is 1.